The molecule has 0 aromatic heterocycles. The van der Waals surface area contributed by atoms with Crippen molar-refractivity contribution in [1.29, 1.82) is 5.26 Å². The van der Waals surface area contributed by atoms with E-state index in [1.54, 1.807) is 0 Å². The number of aryl methyl sites for hydroxylation is 1. The van der Waals surface area contributed by atoms with Gasteiger partial charge in [-0.05, 0) is 43.3 Å². The van der Waals surface area contributed by atoms with E-state index in [0.717, 1.165) is 4.90 Å². The number of benzene rings is 2. The Hall–Kier alpha value is -1.77. The molecule has 2 aromatic rings. The molecule has 21 heavy (non-hydrogen) atoms. The summed E-state index contributed by atoms with van der Waals surface area (Å²) in [5, 5.41) is 8.72. The van der Waals surface area contributed by atoms with Crippen LogP contribution in [0.4, 0.5) is 0 Å². The summed E-state index contributed by atoms with van der Waals surface area (Å²) in [6, 6.07) is 16.0. The summed E-state index contributed by atoms with van der Waals surface area (Å²) in [6.45, 7) is 2.02. The summed E-state index contributed by atoms with van der Waals surface area (Å²) >= 11 is 1.53. The van der Waals surface area contributed by atoms with Gasteiger partial charge >= 0.3 is 0 Å². The number of nitrogens with zero attached hydrogens (tertiary/aromatic N) is 1. The standard InChI is InChI=1S/C16H15NO2S2/c1-13-2-6-15(7-3-13)20-10-11-21(18,19)16-8-4-14(12-17)5-9-16/h2-9H,10-11H2,1H3. The molecule has 0 saturated heterocycles. The van der Waals surface area contributed by atoms with E-state index in [2.05, 4.69) is 0 Å². The maximum Gasteiger partial charge on any atom is 0.179 e. The van der Waals surface area contributed by atoms with Crippen LogP contribution in [-0.2, 0) is 9.84 Å². The number of hydrogen-bond donors (Lipinski definition) is 0. The quantitative estimate of drug-likeness (QED) is 0.793. The maximum absolute atomic E-state index is 12.2. The van der Waals surface area contributed by atoms with Gasteiger partial charge < -0.3 is 0 Å². The molecule has 0 bridgehead atoms. The third kappa shape index (κ3) is 4.35. The zero-order chi connectivity index (χ0) is 15.3. The van der Waals surface area contributed by atoms with Crippen LogP contribution in [0.1, 0.15) is 11.1 Å². The highest BCUT2D eigenvalue weighted by molar-refractivity contribution is 8.00. The van der Waals surface area contributed by atoms with Crippen LogP contribution in [0, 0.1) is 18.3 Å². The molecule has 0 heterocycles. The van der Waals surface area contributed by atoms with E-state index in [1.807, 2.05) is 37.3 Å². The third-order valence-electron chi connectivity index (χ3n) is 2.98. The van der Waals surface area contributed by atoms with Crippen LogP contribution in [0.5, 0.6) is 0 Å². The molecule has 3 nitrogen and oxygen atoms in total. The summed E-state index contributed by atoms with van der Waals surface area (Å²) in [7, 11) is -3.29. The van der Waals surface area contributed by atoms with Gasteiger partial charge in [-0.15, -0.1) is 11.8 Å². The molecule has 0 aliphatic carbocycles. The third-order valence-corrected chi connectivity index (χ3v) is 5.99. The monoisotopic (exact) mass is 317 g/mol. The Kier molecular flexibility index (Phi) is 5.05. The average Bonchev–Trinajstić information content (AvgIpc) is 2.49. The van der Waals surface area contributed by atoms with Crippen molar-refractivity contribution in [2.45, 2.75) is 16.7 Å². The van der Waals surface area contributed by atoms with Gasteiger partial charge in [0.25, 0.3) is 0 Å². The lowest BCUT2D eigenvalue weighted by molar-refractivity contribution is 0.597. The minimum Gasteiger partial charge on any atom is -0.224 e. The number of sulfone groups is 1. The Labute approximate surface area is 129 Å². The van der Waals surface area contributed by atoms with Crippen molar-refractivity contribution in [3.63, 3.8) is 0 Å². The van der Waals surface area contributed by atoms with Gasteiger partial charge in [0.05, 0.1) is 22.3 Å². The Balaban J connectivity index is 1.97. The molecule has 0 aliphatic heterocycles. The molecule has 0 radical (unpaired) electrons. The van der Waals surface area contributed by atoms with E-state index in [1.165, 1.54) is 41.6 Å². The van der Waals surface area contributed by atoms with Crippen LogP contribution in [0.2, 0.25) is 0 Å². The molecule has 0 saturated carbocycles. The van der Waals surface area contributed by atoms with Gasteiger partial charge in [-0.2, -0.15) is 5.26 Å². The van der Waals surface area contributed by atoms with E-state index < -0.39 is 9.84 Å². The maximum atomic E-state index is 12.2. The number of nitriles is 1. The van der Waals surface area contributed by atoms with Crippen LogP contribution in [-0.4, -0.2) is 19.9 Å². The minimum atomic E-state index is -3.29. The van der Waals surface area contributed by atoms with Gasteiger partial charge in [-0.25, -0.2) is 8.42 Å². The lowest BCUT2D eigenvalue weighted by Crippen LogP contribution is -2.08. The van der Waals surface area contributed by atoms with E-state index in [-0.39, 0.29) is 10.6 Å². The van der Waals surface area contributed by atoms with Gasteiger partial charge in [0.15, 0.2) is 9.84 Å². The molecule has 2 rings (SSSR count). The number of rotatable bonds is 5. The van der Waals surface area contributed by atoms with Crippen molar-refractivity contribution >= 4 is 21.6 Å². The molecular formula is C16H15NO2S2. The summed E-state index contributed by atoms with van der Waals surface area (Å²) in [5.41, 5.74) is 1.65. The van der Waals surface area contributed by atoms with Gasteiger partial charge in [-0.3, -0.25) is 0 Å². The summed E-state index contributed by atoms with van der Waals surface area (Å²) < 4.78 is 24.4. The molecule has 0 unspecified atom stereocenters. The van der Waals surface area contributed by atoms with Crippen LogP contribution < -0.4 is 0 Å². The summed E-state index contributed by atoms with van der Waals surface area (Å²) in [5.74, 6) is 0.586. The lowest BCUT2D eigenvalue weighted by Gasteiger charge is -2.05. The molecule has 0 amide bonds. The zero-order valence-corrected chi connectivity index (χ0v) is 13.2. The predicted molar refractivity (Wildman–Crippen MR) is 85.1 cm³/mol. The fourth-order valence-electron chi connectivity index (χ4n) is 1.76. The fourth-order valence-corrected chi connectivity index (χ4v) is 4.32. The minimum absolute atomic E-state index is 0.0808. The van der Waals surface area contributed by atoms with Gasteiger partial charge in [0.1, 0.15) is 0 Å². The van der Waals surface area contributed by atoms with Crippen molar-refractivity contribution < 1.29 is 8.42 Å². The molecule has 108 valence electrons. The Morgan fingerprint density at radius 1 is 1.05 bits per heavy atom. The highest BCUT2D eigenvalue weighted by Crippen LogP contribution is 2.20. The SMILES string of the molecule is Cc1ccc(SCCS(=O)(=O)c2ccc(C#N)cc2)cc1. The molecule has 0 atom stereocenters. The van der Waals surface area contributed by atoms with Crippen LogP contribution in [0.3, 0.4) is 0 Å². The first-order valence-electron chi connectivity index (χ1n) is 6.44. The first-order chi connectivity index (χ1) is 10.0. The highest BCUT2D eigenvalue weighted by Gasteiger charge is 2.14. The predicted octanol–water partition coefficient (Wildman–Crippen LogP) is 3.43. The van der Waals surface area contributed by atoms with Gasteiger partial charge in [0.2, 0.25) is 0 Å². The second-order valence-corrected chi connectivity index (χ2v) is 7.89. The topological polar surface area (TPSA) is 57.9 Å². The number of hydrogen-bond acceptors (Lipinski definition) is 4. The Bertz CT molecular complexity index is 742. The fraction of sp³-hybridized carbons (Fsp3) is 0.188. The molecule has 0 spiro atoms. The van der Waals surface area contributed by atoms with Gasteiger partial charge in [0, 0.05) is 10.6 Å². The average molecular weight is 317 g/mol. The van der Waals surface area contributed by atoms with E-state index in [4.69, 9.17) is 5.26 Å². The lowest BCUT2D eigenvalue weighted by atomic mass is 10.2. The zero-order valence-electron chi connectivity index (χ0n) is 11.6. The van der Waals surface area contributed by atoms with E-state index >= 15 is 0 Å². The van der Waals surface area contributed by atoms with Crippen molar-refractivity contribution in [2.75, 3.05) is 11.5 Å². The molecule has 0 fully saturated rings. The Morgan fingerprint density at radius 2 is 1.67 bits per heavy atom. The molecule has 2 aromatic carbocycles. The first-order valence-corrected chi connectivity index (χ1v) is 9.07. The smallest absolute Gasteiger partial charge is 0.179 e. The van der Waals surface area contributed by atoms with E-state index in [9.17, 15) is 8.42 Å². The van der Waals surface area contributed by atoms with Crippen molar-refractivity contribution in [3.8, 4) is 6.07 Å². The van der Waals surface area contributed by atoms with Crippen LogP contribution in [0.25, 0.3) is 0 Å². The molecule has 0 N–H and O–H groups in total. The Morgan fingerprint density at radius 3 is 2.24 bits per heavy atom. The number of thioether (sulfide) groups is 1. The van der Waals surface area contributed by atoms with Crippen molar-refractivity contribution in [2.24, 2.45) is 0 Å². The van der Waals surface area contributed by atoms with E-state index in [0.29, 0.717) is 11.3 Å². The molecule has 5 heteroatoms. The largest absolute Gasteiger partial charge is 0.224 e. The second-order valence-electron chi connectivity index (χ2n) is 4.62. The molecular weight excluding hydrogens is 302 g/mol. The van der Waals surface area contributed by atoms with Crippen LogP contribution in [0.15, 0.2) is 58.3 Å². The summed E-state index contributed by atoms with van der Waals surface area (Å²) in [6.07, 6.45) is 0. The first kappa shape index (κ1) is 15.6. The van der Waals surface area contributed by atoms with Gasteiger partial charge in [-0.1, -0.05) is 17.7 Å². The van der Waals surface area contributed by atoms with Crippen molar-refractivity contribution in [3.05, 3.63) is 59.7 Å². The van der Waals surface area contributed by atoms with Crippen molar-refractivity contribution in [1.82, 2.24) is 0 Å². The normalized spacial score (nSPS) is 11.0. The molecule has 0 aliphatic rings. The second kappa shape index (κ2) is 6.79. The summed E-state index contributed by atoms with van der Waals surface area (Å²) in [4.78, 5) is 1.33. The van der Waals surface area contributed by atoms with Crippen LogP contribution >= 0.6 is 11.8 Å². The highest BCUT2D eigenvalue weighted by atomic mass is 32.2.